The molecule has 0 N–H and O–H groups in total. The largest absolute Gasteiger partial charge is 0.423 e. The summed E-state index contributed by atoms with van der Waals surface area (Å²) in [6, 6.07) is 7.75. The number of benzene rings is 1. The molecule has 98 valence electrons. The molecule has 0 bridgehead atoms. The van der Waals surface area contributed by atoms with Crippen LogP contribution in [0.1, 0.15) is 51.5 Å². The van der Waals surface area contributed by atoms with E-state index in [-0.39, 0.29) is 5.97 Å². The van der Waals surface area contributed by atoms with Crippen LogP contribution >= 0.6 is 0 Å². The molecular formula is C16H22O2. The van der Waals surface area contributed by atoms with Crippen molar-refractivity contribution in [2.75, 3.05) is 0 Å². The Bertz CT molecular complexity index is 404. The minimum Gasteiger partial charge on any atom is -0.423 e. The van der Waals surface area contributed by atoms with Gasteiger partial charge in [0.2, 0.25) is 0 Å². The Hall–Kier alpha value is -1.57. The molecule has 18 heavy (non-hydrogen) atoms. The van der Waals surface area contributed by atoms with Crippen LogP contribution in [-0.4, -0.2) is 5.97 Å². The molecule has 0 saturated carbocycles. The molecule has 1 aromatic carbocycles. The van der Waals surface area contributed by atoms with E-state index in [1.165, 1.54) is 24.8 Å². The lowest BCUT2D eigenvalue weighted by Crippen LogP contribution is -2.08. The van der Waals surface area contributed by atoms with Crippen molar-refractivity contribution in [2.45, 2.75) is 46.0 Å². The second-order valence-electron chi connectivity index (χ2n) is 4.78. The topological polar surface area (TPSA) is 26.3 Å². The van der Waals surface area contributed by atoms with E-state index in [0.717, 1.165) is 0 Å². The standard InChI is InChI=1S/C16H22O2/c1-5-6-7-13(4)14-8-10-15(11-9-14)18-16(17)12(2)3/h8-11,13H,2,5-7H2,1,3-4H3. The third-order valence-electron chi connectivity index (χ3n) is 3.00. The predicted octanol–water partition coefficient (Wildman–Crippen LogP) is 4.46. The first kappa shape index (κ1) is 14.5. The number of hydrogen-bond donors (Lipinski definition) is 0. The van der Waals surface area contributed by atoms with Crippen LogP contribution in [0.3, 0.4) is 0 Å². The van der Waals surface area contributed by atoms with Crippen LogP contribution in [-0.2, 0) is 4.79 Å². The summed E-state index contributed by atoms with van der Waals surface area (Å²) < 4.78 is 5.15. The summed E-state index contributed by atoms with van der Waals surface area (Å²) in [5.74, 6) is 0.757. The fourth-order valence-electron chi connectivity index (χ4n) is 1.74. The maximum atomic E-state index is 11.4. The maximum Gasteiger partial charge on any atom is 0.338 e. The molecule has 0 spiro atoms. The van der Waals surface area contributed by atoms with Crippen LogP contribution in [0.2, 0.25) is 0 Å². The molecule has 0 heterocycles. The Morgan fingerprint density at radius 1 is 1.33 bits per heavy atom. The van der Waals surface area contributed by atoms with Gasteiger partial charge >= 0.3 is 5.97 Å². The van der Waals surface area contributed by atoms with Gasteiger partial charge in [-0.3, -0.25) is 0 Å². The molecule has 0 amide bonds. The van der Waals surface area contributed by atoms with Gasteiger partial charge in [-0.1, -0.05) is 45.4 Å². The molecule has 0 aliphatic carbocycles. The summed E-state index contributed by atoms with van der Waals surface area (Å²) in [4.78, 5) is 11.4. The lowest BCUT2D eigenvalue weighted by molar-refractivity contribution is -0.130. The van der Waals surface area contributed by atoms with Crippen LogP contribution in [0.4, 0.5) is 0 Å². The van der Waals surface area contributed by atoms with E-state index in [1.807, 2.05) is 24.3 Å². The molecule has 0 aliphatic rings. The summed E-state index contributed by atoms with van der Waals surface area (Å²) >= 11 is 0. The zero-order chi connectivity index (χ0) is 13.5. The van der Waals surface area contributed by atoms with Crippen molar-refractivity contribution >= 4 is 5.97 Å². The van der Waals surface area contributed by atoms with Crippen molar-refractivity contribution in [3.8, 4) is 5.75 Å². The van der Waals surface area contributed by atoms with E-state index in [1.54, 1.807) is 6.92 Å². The van der Waals surface area contributed by atoms with E-state index in [4.69, 9.17) is 4.74 Å². The fraction of sp³-hybridized carbons (Fsp3) is 0.438. The fourth-order valence-corrected chi connectivity index (χ4v) is 1.74. The van der Waals surface area contributed by atoms with Gasteiger partial charge in [0.1, 0.15) is 5.75 Å². The first-order valence-corrected chi connectivity index (χ1v) is 6.52. The predicted molar refractivity (Wildman–Crippen MR) is 74.8 cm³/mol. The molecule has 2 nitrogen and oxygen atoms in total. The zero-order valence-corrected chi connectivity index (χ0v) is 11.5. The van der Waals surface area contributed by atoms with E-state index in [0.29, 0.717) is 17.2 Å². The molecule has 0 radical (unpaired) electrons. The zero-order valence-electron chi connectivity index (χ0n) is 11.5. The van der Waals surface area contributed by atoms with Crippen LogP contribution in [0.5, 0.6) is 5.75 Å². The number of ether oxygens (including phenoxy) is 1. The molecule has 0 saturated heterocycles. The van der Waals surface area contributed by atoms with Crippen molar-refractivity contribution in [1.29, 1.82) is 0 Å². The normalized spacial score (nSPS) is 11.9. The summed E-state index contributed by atoms with van der Waals surface area (Å²) in [6.07, 6.45) is 3.66. The van der Waals surface area contributed by atoms with Gasteiger partial charge in [-0.25, -0.2) is 4.79 Å². The molecule has 2 heteroatoms. The Kier molecular flexibility index (Phi) is 5.63. The lowest BCUT2D eigenvalue weighted by atomic mass is 9.96. The van der Waals surface area contributed by atoms with Gasteiger partial charge in [0.05, 0.1) is 0 Å². The average molecular weight is 246 g/mol. The lowest BCUT2D eigenvalue weighted by Gasteiger charge is -2.12. The number of rotatable bonds is 6. The minimum absolute atomic E-state index is 0.373. The Morgan fingerprint density at radius 2 is 1.94 bits per heavy atom. The van der Waals surface area contributed by atoms with Gasteiger partial charge in [0, 0.05) is 5.57 Å². The second-order valence-corrected chi connectivity index (χ2v) is 4.78. The third kappa shape index (κ3) is 4.36. The van der Waals surface area contributed by atoms with Gasteiger partial charge in [0.15, 0.2) is 0 Å². The molecule has 0 aromatic heterocycles. The van der Waals surface area contributed by atoms with Gasteiger partial charge in [-0.05, 0) is 37.0 Å². The van der Waals surface area contributed by atoms with Crippen LogP contribution in [0, 0.1) is 0 Å². The summed E-state index contributed by atoms with van der Waals surface area (Å²) in [5, 5.41) is 0. The quantitative estimate of drug-likeness (QED) is 0.421. The van der Waals surface area contributed by atoms with E-state index < -0.39 is 0 Å². The molecule has 0 aliphatic heterocycles. The van der Waals surface area contributed by atoms with Crippen molar-refractivity contribution < 1.29 is 9.53 Å². The second kappa shape index (κ2) is 7.00. The van der Waals surface area contributed by atoms with Gasteiger partial charge in [-0.15, -0.1) is 0 Å². The maximum absolute atomic E-state index is 11.4. The SMILES string of the molecule is C=C(C)C(=O)Oc1ccc(C(C)CCCC)cc1. The van der Waals surface area contributed by atoms with Crippen molar-refractivity contribution in [3.63, 3.8) is 0 Å². The summed E-state index contributed by atoms with van der Waals surface area (Å²) in [7, 11) is 0. The summed E-state index contributed by atoms with van der Waals surface area (Å²) in [6.45, 7) is 9.63. The van der Waals surface area contributed by atoms with Crippen molar-refractivity contribution in [2.24, 2.45) is 0 Å². The molecular weight excluding hydrogens is 224 g/mol. The number of carbonyl (C=O) groups is 1. The Labute approximate surface area is 110 Å². The molecule has 1 aromatic rings. The molecule has 1 atom stereocenters. The smallest absolute Gasteiger partial charge is 0.338 e. The highest BCUT2D eigenvalue weighted by molar-refractivity contribution is 5.88. The summed E-state index contributed by atoms with van der Waals surface area (Å²) in [5.41, 5.74) is 1.70. The highest BCUT2D eigenvalue weighted by Gasteiger charge is 2.07. The van der Waals surface area contributed by atoms with E-state index >= 15 is 0 Å². The van der Waals surface area contributed by atoms with Crippen molar-refractivity contribution in [3.05, 3.63) is 42.0 Å². The number of esters is 1. The Balaban J connectivity index is 2.62. The first-order chi connectivity index (χ1) is 8.54. The number of unbranched alkanes of at least 4 members (excludes halogenated alkanes) is 1. The highest BCUT2D eigenvalue weighted by Crippen LogP contribution is 2.23. The van der Waals surface area contributed by atoms with Crippen LogP contribution in [0.15, 0.2) is 36.4 Å². The van der Waals surface area contributed by atoms with Crippen LogP contribution in [0.25, 0.3) is 0 Å². The molecule has 1 unspecified atom stereocenters. The molecule has 0 fully saturated rings. The first-order valence-electron chi connectivity index (χ1n) is 6.52. The van der Waals surface area contributed by atoms with E-state index in [9.17, 15) is 4.79 Å². The number of carbonyl (C=O) groups excluding carboxylic acids is 1. The molecule has 1 rings (SSSR count). The monoisotopic (exact) mass is 246 g/mol. The van der Waals surface area contributed by atoms with Gasteiger partial charge in [-0.2, -0.15) is 0 Å². The number of hydrogen-bond acceptors (Lipinski definition) is 2. The van der Waals surface area contributed by atoms with Gasteiger partial charge in [0.25, 0.3) is 0 Å². The van der Waals surface area contributed by atoms with Crippen LogP contribution < -0.4 is 4.74 Å². The van der Waals surface area contributed by atoms with E-state index in [2.05, 4.69) is 20.4 Å². The minimum atomic E-state index is -0.373. The average Bonchev–Trinajstić information content (AvgIpc) is 2.36. The van der Waals surface area contributed by atoms with Gasteiger partial charge < -0.3 is 4.74 Å². The van der Waals surface area contributed by atoms with Crippen molar-refractivity contribution in [1.82, 2.24) is 0 Å². The highest BCUT2D eigenvalue weighted by atomic mass is 16.5. The third-order valence-corrected chi connectivity index (χ3v) is 3.00. The Morgan fingerprint density at radius 3 is 2.44 bits per heavy atom.